The minimum atomic E-state index is -0.423. The van der Waals surface area contributed by atoms with E-state index in [9.17, 15) is 9.59 Å². The molecule has 5 heteroatoms. The minimum absolute atomic E-state index is 0.120. The number of benzene rings is 2. The molecule has 1 fully saturated rings. The summed E-state index contributed by atoms with van der Waals surface area (Å²) in [6.45, 7) is 1.36. The Morgan fingerprint density at radius 1 is 1.20 bits per heavy atom. The molecule has 1 atom stereocenters. The van der Waals surface area contributed by atoms with Crippen LogP contribution >= 0.6 is 0 Å². The van der Waals surface area contributed by atoms with Crippen molar-refractivity contribution in [2.24, 2.45) is 0 Å². The van der Waals surface area contributed by atoms with Gasteiger partial charge >= 0.3 is 5.97 Å². The molecule has 3 aromatic rings. The zero-order chi connectivity index (χ0) is 17.2. The Balaban J connectivity index is 1.67. The predicted octanol–water partition coefficient (Wildman–Crippen LogP) is 3.46. The molecule has 0 aliphatic carbocycles. The van der Waals surface area contributed by atoms with Crippen molar-refractivity contribution in [1.29, 1.82) is 0 Å². The quantitative estimate of drug-likeness (QED) is 0.407. The molecule has 0 N–H and O–H groups in total. The van der Waals surface area contributed by atoms with Crippen LogP contribution in [0.4, 0.5) is 0 Å². The third-order valence-corrected chi connectivity index (χ3v) is 4.43. The van der Waals surface area contributed by atoms with Gasteiger partial charge in [0.05, 0.1) is 17.4 Å². The number of hydrogen-bond acceptors (Lipinski definition) is 4. The maximum absolute atomic E-state index is 12.4. The monoisotopic (exact) mass is 335 g/mol. The maximum Gasteiger partial charge on any atom is 0.343 e. The first-order valence-corrected chi connectivity index (χ1v) is 8.22. The normalized spacial score (nSPS) is 16.4. The van der Waals surface area contributed by atoms with Crippen molar-refractivity contribution in [2.75, 3.05) is 6.61 Å². The van der Waals surface area contributed by atoms with Crippen LogP contribution in [0, 0.1) is 0 Å². The van der Waals surface area contributed by atoms with E-state index >= 15 is 0 Å². The fourth-order valence-corrected chi connectivity index (χ4v) is 2.99. The lowest BCUT2D eigenvalue weighted by Gasteiger charge is -2.27. The van der Waals surface area contributed by atoms with Crippen LogP contribution in [0.3, 0.4) is 0 Å². The molecule has 1 aliphatic heterocycles. The number of aldehydes is 1. The SMILES string of the molecule is O=Cc1cc2ccc(C(=O)Oc3ccccc3)cc2n1C[C@@H]1CCO1. The molecule has 0 unspecified atom stereocenters. The standard InChI is InChI=1S/C20H17NO4/c22-13-16-10-14-6-7-15(20(23)25-17-4-2-1-3-5-17)11-19(14)21(16)12-18-8-9-24-18/h1-7,10-11,13,18H,8-9,12H2/t18-/m0/s1. The predicted molar refractivity (Wildman–Crippen MR) is 93.1 cm³/mol. The van der Waals surface area contributed by atoms with Gasteiger partial charge in [0.2, 0.25) is 0 Å². The summed E-state index contributed by atoms with van der Waals surface area (Å²) in [5.41, 5.74) is 1.86. The average Bonchev–Trinajstić information content (AvgIpc) is 2.95. The summed E-state index contributed by atoms with van der Waals surface area (Å²) in [7, 11) is 0. The Morgan fingerprint density at radius 2 is 2.00 bits per heavy atom. The third kappa shape index (κ3) is 3.06. The summed E-state index contributed by atoms with van der Waals surface area (Å²) >= 11 is 0. The van der Waals surface area contributed by atoms with Crippen molar-refractivity contribution in [2.45, 2.75) is 19.1 Å². The second-order valence-corrected chi connectivity index (χ2v) is 6.06. The molecule has 1 saturated heterocycles. The molecule has 0 radical (unpaired) electrons. The number of fused-ring (bicyclic) bond motifs is 1. The fraction of sp³-hybridized carbons (Fsp3) is 0.200. The highest BCUT2D eigenvalue weighted by Gasteiger charge is 2.21. The number of para-hydroxylation sites is 1. The zero-order valence-corrected chi connectivity index (χ0v) is 13.6. The molecule has 1 aliphatic rings. The number of carbonyl (C=O) groups is 2. The highest BCUT2D eigenvalue weighted by molar-refractivity contribution is 5.97. The van der Waals surface area contributed by atoms with E-state index in [1.54, 1.807) is 24.3 Å². The van der Waals surface area contributed by atoms with E-state index < -0.39 is 5.97 Å². The Bertz CT molecular complexity index is 926. The number of aromatic nitrogens is 1. The van der Waals surface area contributed by atoms with Crippen LogP contribution in [0.2, 0.25) is 0 Å². The molecule has 0 saturated carbocycles. The van der Waals surface area contributed by atoms with Crippen LogP contribution in [0.5, 0.6) is 5.75 Å². The van der Waals surface area contributed by atoms with Crippen molar-refractivity contribution >= 4 is 23.2 Å². The van der Waals surface area contributed by atoms with E-state index in [0.29, 0.717) is 23.6 Å². The van der Waals surface area contributed by atoms with Gasteiger partial charge < -0.3 is 14.0 Å². The van der Waals surface area contributed by atoms with Crippen LogP contribution < -0.4 is 4.74 Å². The summed E-state index contributed by atoms with van der Waals surface area (Å²) in [4.78, 5) is 23.8. The van der Waals surface area contributed by atoms with Crippen molar-refractivity contribution in [3.05, 3.63) is 65.9 Å². The van der Waals surface area contributed by atoms with Gasteiger partial charge in [-0.2, -0.15) is 0 Å². The zero-order valence-electron chi connectivity index (χ0n) is 13.6. The molecule has 4 rings (SSSR count). The summed E-state index contributed by atoms with van der Waals surface area (Å²) in [5.74, 6) is 0.0767. The van der Waals surface area contributed by atoms with Crippen LogP contribution in [0.1, 0.15) is 27.3 Å². The van der Waals surface area contributed by atoms with Gasteiger partial charge in [0.1, 0.15) is 5.75 Å². The average molecular weight is 335 g/mol. The van der Waals surface area contributed by atoms with Gasteiger partial charge in [-0.15, -0.1) is 0 Å². The van der Waals surface area contributed by atoms with Crippen molar-refractivity contribution in [3.63, 3.8) is 0 Å². The lowest BCUT2D eigenvalue weighted by Crippen LogP contribution is -2.31. The van der Waals surface area contributed by atoms with E-state index in [1.165, 1.54) is 0 Å². The lowest BCUT2D eigenvalue weighted by molar-refractivity contribution is -0.0587. The Kier molecular flexibility index (Phi) is 4.07. The summed E-state index contributed by atoms with van der Waals surface area (Å²) in [6.07, 6.45) is 1.93. The first kappa shape index (κ1) is 15.6. The van der Waals surface area contributed by atoms with Crippen molar-refractivity contribution in [1.82, 2.24) is 4.57 Å². The summed E-state index contributed by atoms with van der Waals surface area (Å²) in [5, 5.41) is 0.915. The van der Waals surface area contributed by atoms with E-state index in [-0.39, 0.29) is 6.10 Å². The number of esters is 1. The van der Waals surface area contributed by atoms with Crippen LogP contribution in [0.15, 0.2) is 54.6 Å². The second-order valence-electron chi connectivity index (χ2n) is 6.06. The molecular weight excluding hydrogens is 318 g/mol. The number of carbonyl (C=O) groups excluding carboxylic acids is 2. The molecule has 0 amide bonds. The molecule has 2 heterocycles. The van der Waals surface area contributed by atoms with Crippen LogP contribution in [-0.4, -0.2) is 29.5 Å². The van der Waals surface area contributed by atoms with Gasteiger partial charge in [-0.3, -0.25) is 4.79 Å². The first-order valence-electron chi connectivity index (χ1n) is 8.22. The smallest absolute Gasteiger partial charge is 0.343 e. The summed E-state index contributed by atoms with van der Waals surface area (Å²) in [6, 6.07) is 16.1. The molecule has 0 bridgehead atoms. The number of hydrogen-bond donors (Lipinski definition) is 0. The molecule has 0 spiro atoms. The van der Waals surface area contributed by atoms with E-state index in [4.69, 9.17) is 9.47 Å². The van der Waals surface area contributed by atoms with Crippen molar-refractivity contribution < 1.29 is 19.1 Å². The minimum Gasteiger partial charge on any atom is -0.423 e. The molecular formula is C20H17NO4. The van der Waals surface area contributed by atoms with Crippen LogP contribution in [0.25, 0.3) is 10.9 Å². The highest BCUT2D eigenvalue weighted by atomic mass is 16.5. The number of rotatable bonds is 5. The molecule has 5 nitrogen and oxygen atoms in total. The maximum atomic E-state index is 12.4. The number of nitrogens with zero attached hydrogens (tertiary/aromatic N) is 1. The van der Waals surface area contributed by atoms with Crippen LogP contribution in [-0.2, 0) is 11.3 Å². The van der Waals surface area contributed by atoms with E-state index in [1.807, 2.05) is 34.9 Å². The van der Waals surface area contributed by atoms with Gasteiger partial charge in [-0.05, 0) is 36.8 Å². The fourth-order valence-electron chi connectivity index (χ4n) is 2.99. The largest absolute Gasteiger partial charge is 0.423 e. The van der Waals surface area contributed by atoms with Crippen molar-refractivity contribution in [3.8, 4) is 5.75 Å². The van der Waals surface area contributed by atoms with E-state index in [0.717, 1.165) is 30.2 Å². The van der Waals surface area contributed by atoms with Gasteiger partial charge in [0.15, 0.2) is 6.29 Å². The molecule has 25 heavy (non-hydrogen) atoms. The molecule has 1 aromatic heterocycles. The van der Waals surface area contributed by atoms with Gasteiger partial charge in [0, 0.05) is 24.1 Å². The number of ether oxygens (including phenoxy) is 2. The lowest BCUT2D eigenvalue weighted by atomic mass is 10.1. The molecule has 2 aromatic carbocycles. The third-order valence-electron chi connectivity index (χ3n) is 4.43. The van der Waals surface area contributed by atoms with Gasteiger partial charge in [-0.25, -0.2) is 4.79 Å². The Hall–Kier alpha value is -2.92. The highest BCUT2D eigenvalue weighted by Crippen LogP contribution is 2.24. The Morgan fingerprint density at radius 3 is 2.68 bits per heavy atom. The van der Waals surface area contributed by atoms with E-state index in [2.05, 4.69) is 0 Å². The van der Waals surface area contributed by atoms with Gasteiger partial charge in [0.25, 0.3) is 0 Å². The van der Waals surface area contributed by atoms with Gasteiger partial charge in [-0.1, -0.05) is 24.3 Å². The first-order chi connectivity index (χ1) is 12.2. The topological polar surface area (TPSA) is 57.5 Å². The summed E-state index contributed by atoms with van der Waals surface area (Å²) < 4.78 is 12.8. The second kappa shape index (κ2) is 6.53. The Labute approximate surface area is 144 Å². The molecule has 126 valence electrons.